The smallest absolute Gasteiger partial charge is 0.187 e. The van der Waals surface area contributed by atoms with Crippen LogP contribution in [0.2, 0.25) is 0 Å². The van der Waals surface area contributed by atoms with E-state index in [9.17, 15) is 91.9 Å². The van der Waals surface area contributed by atoms with Gasteiger partial charge in [0.1, 0.15) is 128 Å². The van der Waals surface area contributed by atoms with E-state index in [1.165, 1.54) is 13.8 Å². The monoisotopic (exact) mass is 1280 g/mol. The van der Waals surface area contributed by atoms with Gasteiger partial charge in [-0.05, 0) is 93.3 Å². The Morgan fingerprint density at radius 1 is 0.539 bits per heavy atom. The zero-order valence-electron chi connectivity index (χ0n) is 51.7. The molecule has 9 aliphatic rings. The minimum Gasteiger partial charge on any atom is -0.394 e. The highest BCUT2D eigenvalue weighted by atomic mass is 16.8. The van der Waals surface area contributed by atoms with E-state index in [0.29, 0.717) is 25.7 Å². The fourth-order valence-corrected chi connectivity index (χ4v) is 16.7. The van der Waals surface area contributed by atoms with Gasteiger partial charge < -0.3 is 139 Å². The quantitative estimate of drug-likeness (QED) is 0.0507. The molecule has 89 heavy (non-hydrogen) atoms. The fourth-order valence-electron chi connectivity index (χ4n) is 16.7. The zero-order chi connectivity index (χ0) is 65.5. The van der Waals surface area contributed by atoms with E-state index in [0.717, 1.165) is 18.4 Å². The molecule has 18 N–H and O–H groups in total. The van der Waals surface area contributed by atoms with Crippen LogP contribution in [0.3, 0.4) is 0 Å². The summed E-state index contributed by atoms with van der Waals surface area (Å²) in [6, 6.07) is 0. The number of carbonyl (C=O) groups excluding carboxylic acids is 1. The van der Waals surface area contributed by atoms with Crippen LogP contribution in [-0.4, -0.2) is 302 Å². The van der Waals surface area contributed by atoms with Crippen LogP contribution in [-0.2, 0) is 52.2 Å². The molecule has 29 nitrogen and oxygen atoms in total. The summed E-state index contributed by atoms with van der Waals surface area (Å²) in [7, 11) is 0. The topological polar surface area (TPSA) is 474 Å². The molecule has 3 saturated carbocycles. The van der Waals surface area contributed by atoms with E-state index in [2.05, 4.69) is 33.8 Å². The molecule has 0 aromatic heterocycles. The minimum atomic E-state index is -1.97. The van der Waals surface area contributed by atoms with Gasteiger partial charge in [-0.25, -0.2) is 0 Å². The Balaban J connectivity index is 0.884. The van der Waals surface area contributed by atoms with Crippen molar-refractivity contribution in [1.29, 1.82) is 0 Å². The predicted molar refractivity (Wildman–Crippen MR) is 299 cm³/mol. The number of Topliss-reactive ketones (excluding diaryl/α,β-unsaturated/α-hetero) is 1. The highest BCUT2D eigenvalue weighted by molar-refractivity contribution is 5.88. The Morgan fingerprint density at radius 3 is 1.47 bits per heavy atom. The zero-order valence-corrected chi connectivity index (χ0v) is 51.7. The van der Waals surface area contributed by atoms with Gasteiger partial charge in [-0.15, -0.1) is 0 Å². The third kappa shape index (κ3) is 13.0. The maximum atomic E-state index is 15.4. The molecule has 0 amide bonds. The molecule has 34 atom stereocenters. The fraction of sp³-hybridized carbons (Fsp3) is 0.950. The van der Waals surface area contributed by atoms with Gasteiger partial charge in [-0.1, -0.05) is 53.2 Å². The molecule has 8 fully saturated rings. The molecule has 0 aromatic carbocycles. The summed E-state index contributed by atoms with van der Waals surface area (Å²) in [6.07, 6.45) is -37.4. The third-order valence-electron chi connectivity index (χ3n) is 22.6. The van der Waals surface area contributed by atoms with Gasteiger partial charge in [0.15, 0.2) is 31.5 Å². The van der Waals surface area contributed by atoms with E-state index in [4.69, 9.17) is 47.4 Å². The lowest BCUT2D eigenvalue weighted by Gasteiger charge is -2.65. The van der Waals surface area contributed by atoms with Crippen molar-refractivity contribution in [3.8, 4) is 0 Å². The van der Waals surface area contributed by atoms with Crippen LogP contribution < -0.4 is 0 Å². The van der Waals surface area contributed by atoms with Gasteiger partial charge >= 0.3 is 0 Å². The number of allylic oxidation sites excluding steroid dienone is 1. The molecule has 1 unspecified atom stereocenters. The van der Waals surface area contributed by atoms with Gasteiger partial charge in [0, 0.05) is 17.3 Å². The predicted octanol–water partition coefficient (Wildman–Crippen LogP) is -5.20. The molecule has 514 valence electrons. The van der Waals surface area contributed by atoms with Crippen molar-refractivity contribution >= 4 is 5.78 Å². The minimum absolute atomic E-state index is 0.00532. The number of carbonyl (C=O) groups is 1. The van der Waals surface area contributed by atoms with Gasteiger partial charge in [-0.2, -0.15) is 0 Å². The molecule has 0 bridgehead atoms. The Labute approximate surface area is 516 Å². The number of hydrogen-bond acceptors (Lipinski definition) is 29. The average molecular weight is 1290 g/mol. The van der Waals surface area contributed by atoms with Crippen molar-refractivity contribution in [3.63, 3.8) is 0 Å². The summed E-state index contributed by atoms with van der Waals surface area (Å²) in [4.78, 5) is 15.4. The normalized spacial score (nSPS) is 51.0. The van der Waals surface area contributed by atoms with Gasteiger partial charge in [0.2, 0.25) is 0 Å². The van der Waals surface area contributed by atoms with E-state index < -0.39 is 221 Å². The van der Waals surface area contributed by atoms with Crippen LogP contribution in [0, 0.1) is 45.3 Å². The number of ether oxygens (including phenoxy) is 10. The summed E-state index contributed by atoms with van der Waals surface area (Å²) >= 11 is 0. The second-order valence-electron chi connectivity index (χ2n) is 28.5. The maximum absolute atomic E-state index is 15.4. The molecule has 5 saturated heterocycles. The van der Waals surface area contributed by atoms with Crippen LogP contribution >= 0.6 is 0 Å². The maximum Gasteiger partial charge on any atom is 0.187 e. The van der Waals surface area contributed by atoms with Crippen LogP contribution in [0.5, 0.6) is 0 Å². The molecule has 5 aliphatic heterocycles. The lowest BCUT2D eigenvalue weighted by atomic mass is 9.38. The van der Waals surface area contributed by atoms with Crippen molar-refractivity contribution in [2.75, 3.05) is 33.0 Å². The Hall–Kier alpha value is -1.71. The Bertz CT molecular complexity index is 2390. The first-order valence-electron chi connectivity index (χ1n) is 31.4. The van der Waals surface area contributed by atoms with Crippen LogP contribution in [0.15, 0.2) is 11.6 Å². The number of ketones is 1. The number of hydrogen-bond donors (Lipinski definition) is 18. The molecule has 0 radical (unpaired) electrons. The van der Waals surface area contributed by atoms with E-state index in [1.54, 1.807) is 0 Å². The van der Waals surface area contributed by atoms with E-state index >= 15 is 4.79 Å². The molecule has 4 aliphatic carbocycles. The first-order valence-corrected chi connectivity index (χ1v) is 31.4. The standard InChI is InChI=1S/C60H100O29/c1-23(9-13-35(57(4,5)79)88-55-50(89-54-49(78)43(72)38(67)29(20-63)84-54)45(74)40(69)31(86-55)22-81-52-47(76)42(71)37(66)28(19-62)83-52)24-15-16-58(6)32-12-10-25-26(60(32,8)33(64)17-59(24,58)7)11-14-34(56(25,2)3)87-53-48(77)44(73)39(68)30(85-53)21-80-51-46(75)41(70)36(65)27(18-61)82-51/h10,23-24,26-32,34-55,61-63,65-79H,9,11-22H2,1-8H3/t23-,24?,26-,27-,28-,29-,30-,31-,32-,34+,35-,36-,37-,38-,39-,40-,41+,42+,43+,44+,45+,46-,47-,48-,49-,50-,51-,52-,53+,54+,55+,58+,59-,60+/m1/s1. The lowest BCUT2D eigenvalue weighted by molar-refractivity contribution is -0.380. The Morgan fingerprint density at radius 2 is 0.978 bits per heavy atom. The second-order valence-corrected chi connectivity index (χ2v) is 28.5. The largest absolute Gasteiger partial charge is 0.394 e. The number of rotatable bonds is 20. The highest BCUT2D eigenvalue weighted by Crippen LogP contribution is 2.74. The van der Waals surface area contributed by atoms with Crippen molar-refractivity contribution in [1.82, 2.24) is 0 Å². The SMILES string of the molecule is C[C@H](CC[C@@H](O[C@@H]1O[C@H](CO[C@@H]2O[C@H](CO)[C@@H](O)[C@H](O)[C@H]2O)[C@@H](O)[C@H](O)[C@H]1O[C@@H]1O[C@H](CO)[C@@H](O)[C@H](O)[C@H]1O)C(C)(C)O)C1CC[C@@]2(C)[C@H]3CC=C4[C@@H](CC[C@H](O[C@@H]5O[C@H](CO[C@@H]6O[C@H](CO)[C@@H](O)[C@H](O)[C@H]6O)[C@@H](O)[C@H](O)[C@H]5O)C4(C)C)[C@]3(C)C(=O)C[C@]12C. The summed E-state index contributed by atoms with van der Waals surface area (Å²) in [5, 5.41) is 192. The van der Waals surface area contributed by atoms with Crippen LogP contribution in [0.1, 0.15) is 107 Å². The summed E-state index contributed by atoms with van der Waals surface area (Å²) < 4.78 is 59.2. The first-order chi connectivity index (χ1) is 41.6. The molecule has 29 heteroatoms. The second kappa shape index (κ2) is 27.4. The molecule has 0 spiro atoms. The van der Waals surface area contributed by atoms with Gasteiger partial charge in [0.05, 0.1) is 50.8 Å². The summed E-state index contributed by atoms with van der Waals surface area (Å²) in [5.74, 6) is -0.178. The Kier molecular flexibility index (Phi) is 22.1. The van der Waals surface area contributed by atoms with Crippen molar-refractivity contribution in [3.05, 3.63) is 11.6 Å². The van der Waals surface area contributed by atoms with E-state index in [1.807, 2.05) is 13.8 Å². The van der Waals surface area contributed by atoms with Gasteiger partial charge in [0.25, 0.3) is 0 Å². The van der Waals surface area contributed by atoms with Crippen LogP contribution in [0.4, 0.5) is 0 Å². The van der Waals surface area contributed by atoms with Crippen LogP contribution in [0.25, 0.3) is 0 Å². The average Bonchev–Trinajstić information content (AvgIpc) is 1.66. The summed E-state index contributed by atoms with van der Waals surface area (Å²) in [5.41, 5.74) is -2.96. The first kappa shape index (κ1) is 71.6. The molecule has 9 rings (SSSR count). The number of fused-ring (bicyclic) bond motifs is 5. The molecular formula is C60H100O29. The number of aliphatic hydroxyl groups is 18. The van der Waals surface area contributed by atoms with E-state index in [-0.39, 0.29) is 47.7 Å². The lowest BCUT2D eigenvalue weighted by Crippen LogP contribution is -2.65. The van der Waals surface area contributed by atoms with Crippen molar-refractivity contribution in [2.45, 2.75) is 278 Å². The third-order valence-corrected chi connectivity index (χ3v) is 22.6. The van der Waals surface area contributed by atoms with Crippen molar-refractivity contribution < 1.29 is 144 Å². The highest BCUT2D eigenvalue weighted by Gasteiger charge is 2.71. The molecule has 5 heterocycles. The van der Waals surface area contributed by atoms with Crippen molar-refractivity contribution in [2.24, 2.45) is 45.3 Å². The van der Waals surface area contributed by atoms with Gasteiger partial charge in [-0.3, -0.25) is 4.79 Å². The number of aliphatic hydroxyl groups excluding tert-OH is 17. The summed E-state index contributed by atoms with van der Waals surface area (Å²) in [6.45, 7) is 12.2. The molecular weight excluding hydrogens is 1180 g/mol. The molecule has 0 aromatic rings.